The van der Waals surface area contributed by atoms with Crippen LogP contribution in [0.2, 0.25) is 0 Å². The lowest BCUT2D eigenvalue weighted by Crippen LogP contribution is -2.26. The van der Waals surface area contributed by atoms with E-state index in [9.17, 15) is 9.90 Å². The van der Waals surface area contributed by atoms with Crippen molar-refractivity contribution in [1.29, 1.82) is 0 Å². The molecule has 0 saturated heterocycles. The van der Waals surface area contributed by atoms with Gasteiger partial charge in [0.15, 0.2) is 0 Å². The van der Waals surface area contributed by atoms with Gasteiger partial charge in [-0.2, -0.15) is 0 Å². The molecule has 110 valence electrons. The summed E-state index contributed by atoms with van der Waals surface area (Å²) < 4.78 is 10.2. The van der Waals surface area contributed by atoms with Crippen LogP contribution in [-0.2, 0) is 4.79 Å². The van der Waals surface area contributed by atoms with Gasteiger partial charge in [-0.1, -0.05) is 12.1 Å². The number of hydrogen-bond donors (Lipinski definition) is 2. The number of carbonyl (C=O) groups excluding carboxylic acids is 1. The van der Waals surface area contributed by atoms with Gasteiger partial charge in [0.2, 0.25) is 5.91 Å². The van der Waals surface area contributed by atoms with Crippen LogP contribution in [0, 0.1) is 0 Å². The lowest BCUT2D eigenvalue weighted by atomic mass is 10.2. The van der Waals surface area contributed by atoms with Crippen LogP contribution in [0.5, 0.6) is 5.75 Å². The molecular weight excluding hydrogens is 270 g/mol. The number of methoxy groups -OCH3 is 1. The van der Waals surface area contributed by atoms with Crippen LogP contribution in [0.3, 0.4) is 0 Å². The monoisotopic (exact) mass is 287 g/mol. The number of amides is 1. The van der Waals surface area contributed by atoms with Gasteiger partial charge >= 0.3 is 0 Å². The Morgan fingerprint density at radius 3 is 3.00 bits per heavy atom. The molecule has 2 rings (SSSR count). The molecule has 0 saturated carbocycles. The summed E-state index contributed by atoms with van der Waals surface area (Å²) in [5.74, 6) is 0.862. The van der Waals surface area contributed by atoms with Crippen molar-refractivity contribution in [2.45, 2.75) is 6.10 Å². The number of benzene rings is 1. The van der Waals surface area contributed by atoms with E-state index in [0.717, 1.165) is 11.3 Å². The van der Waals surface area contributed by atoms with Gasteiger partial charge in [0.1, 0.15) is 17.6 Å². The van der Waals surface area contributed by atoms with Gasteiger partial charge < -0.3 is 19.6 Å². The largest absolute Gasteiger partial charge is 0.497 e. The highest BCUT2D eigenvalue weighted by atomic mass is 16.5. The molecule has 0 aliphatic carbocycles. The summed E-state index contributed by atoms with van der Waals surface area (Å²) in [6, 6.07) is 10.7. The second-order valence-corrected chi connectivity index (χ2v) is 4.39. The fourth-order valence-electron chi connectivity index (χ4n) is 1.75. The zero-order valence-electron chi connectivity index (χ0n) is 11.7. The fourth-order valence-corrected chi connectivity index (χ4v) is 1.75. The summed E-state index contributed by atoms with van der Waals surface area (Å²) in [5.41, 5.74) is 0.857. The Balaban J connectivity index is 1.85. The standard InChI is InChI=1S/C16H17NO4/c1-20-13-5-2-4-12(10-13)7-8-16(19)17-11-14(18)15-6-3-9-21-15/h2-10,14,18H,11H2,1H3,(H,17,19)/b8-7+. The molecule has 5 nitrogen and oxygen atoms in total. The number of ether oxygens (including phenoxy) is 1. The van der Waals surface area contributed by atoms with Crippen molar-refractivity contribution in [1.82, 2.24) is 5.32 Å². The Hall–Kier alpha value is -2.53. The maximum atomic E-state index is 11.7. The van der Waals surface area contributed by atoms with E-state index in [2.05, 4.69) is 5.32 Å². The summed E-state index contributed by atoms with van der Waals surface area (Å²) >= 11 is 0. The average Bonchev–Trinajstić information content (AvgIpc) is 3.05. The molecule has 1 aromatic carbocycles. The molecular formula is C16H17NO4. The Morgan fingerprint density at radius 2 is 2.29 bits per heavy atom. The van der Waals surface area contributed by atoms with Gasteiger partial charge in [-0.05, 0) is 35.9 Å². The highest BCUT2D eigenvalue weighted by molar-refractivity contribution is 5.91. The van der Waals surface area contributed by atoms with Crippen LogP contribution < -0.4 is 10.1 Å². The number of hydrogen-bond acceptors (Lipinski definition) is 4. The molecule has 21 heavy (non-hydrogen) atoms. The minimum Gasteiger partial charge on any atom is -0.497 e. The first-order valence-electron chi connectivity index (χ1n) is 6.50. The van der Waals surface area contributed by atoms with Crippen LogP contribution in [0.25, 0.3) is 6.08 Å². The SMILES string of the molecule is COc1cccc(/C=C/C(=O)NCC(O)c2ccco2)c1. The summed E-state index contributed by atoms with van der Waals surface area (Å²) in [6.45, 7) is 0.0921. The number of aliphatic hydroxyl groups excluding tert-OH is 1. The molecule has 1 unspecified atom stereocenters. The second-order valence-electron chi connectivity index (χ2n) is 4.39. The minimum absolute atomic E-state index is 0.0921. The van der Waals surface area contributed by atoms with Gasteiger partial charge in [0, 0.05) is 6.08 Å². The van der Waals surface area contributed by atoms with Crippen molar-refractivity contribution in [3.05, 3.63) is 60.1 Å². The van der Waals surface area contributed by atoms with E-state index in [4.69, 9.17) is 9.15 Å². The zero-order valence-corrected chi connectivity index (χ0v) is 11.7. The maximum absolute atomic E-state index is 11.7. The van der Waals surface area contributed by atoms with E-state index in [1.165, 1.54) is 12.3 Å². The molecule has 0 spiro atoms. The molecule has 0 aliphatic rings. The molecule has 0 aliphatic heterocycles. The van der Waals surface area contributed by atoms with Crippen LogP contribution in [0.15, 0.2) is 53.2 Å². The Kier molecular flexibility index (Phi) is 5.17. The molecule has 1 amide bonds. The highest BCUT2D eigenvalue weighted by Gasteiger charge is 2.10. The third-order valence-electron chi connectivity index (χ3n) is 2.86. The highest BCUT2D eigenvalue weighted by Crippen LogP contribution is 2.14. The lowest BCUT2D eigenvalue weighted by molar-refractivity contribution is -0.116. The smallest absolute Gasteiger partial charge is 0.244 e. The molecule has 1 aromatic heterocycles. The van der Waals surface area contributed by atoms with E-state index in [1.807, 2.05) is 24.3 Å². The molecule has 1 atom stereocenters. The summed E-state index contributed by atoms with van der Waals surface area (Å²) in [7, 11) is 1.59. The first kappa shape index (κ1) is 14.9. The first-order valence-corrected chi connectivity index (χ1v) is 6.50. The van der Waals surface area contributed by atoms with Gasteiger partial charge in [-0.3, -0.25) is 4.79 Å². The van der Waals surface area contributed by atoms with Crippen LogP contribution in [0.1, 0.15) is 17.4 Å². The number of carbonyl (C=O) groups is 1. The molecule has 2 N–H and O–H groups in total. The molecule has 5 heteroatoms. The summed E-state index contributed by atoms with van der Waals surface area (Å²) in [5, 5.41) is 12.4. The van der Waals surface area contributed by atoms with Gasteiger partial charge in [-0.15, -0.1) is 0 Å². The topological polar surface area (TPSA) is 71.7 Å². The van der Waals surface area contributed by atoms with Gasteiger partial charge in [-0.25, -0.2) is 0 Å². The number of aliphatic hydroxyl groups is 1. The third-order valence-corrected chi connectivity index (χ3v) is 2.86. The molecule has 0 radical (unpaired) electrons. The van der Waals surface area contributed by atoms with E-state index in [1.54, 1.807) is 25.3 Å². The zero-order chi connectivity index (χ0) is 15.1. The Morgan fingerprint density at radius 1 is 1.43 bits per heavy atom. The average molecular weight is 287 g/mol. The number of rotatable bonds is 6. The third kappa shape index (κ3) is 4.50. The predicted molar refractivity (Wildman–Crippen MR) is 78.7 cm³/mol. The van der Waals surface area contributed by atoms with Crippen molar-refractivity contribution in [2.75, 3.05) is 13.7 Å². The number of furan rings is 1. The minimum atomic E-state index is -0.853. The van der Waals surface area contributed by atoms with Crippen molar-refractivity contribution in [2.24, 2.45) is 0 Å². The van der Waals surface area contributed by atoms with E-state index in [0.29, 0.717) is 5.76 Å². The summed E-state index contributed by atoms with van der Waals surface area (Å²) in [4.78, 5) is 11.7. The van der Waals surface area contributed by atoms with Crippen molar-refractivity contribution >= 4 is 12.0 Å². The second kappa shape index (κ2) is 7.31. The maximum Gasteiger partial charge on any atom is 0.244 e. The lowest BCUT2D eigenvalue weighted by Gasteiger charge is -2.07. The van der Waals surface area contributed by atoms with Crippen LogP contribution in [0.4, 0.5) is 0 Å². The molecule has 0 fully saturated rings. The number of nitrogens with one attached hydrogen (secondary N) is 1. The van der Waals surface area contributed by atoms with Crippen LogP contribution in [-0.4, -0.2) is 24.7 Å². The van der Waals surface area contributed by atoms with Gasteiger partial charge in [0.05, 0.1) is 19.9 Å². The molecule has 1 heterocycles. The first-order chi connectivity index (χ1) is 10.2. The fraction of sp³-hybridized carbons (Fsp3) is 0.188. The Bertz CT molecular complexity index is 604. The van der Waals surface area contributed by atoms with Gasteiger partial charge in [0.25, 0.3) is 0 Å². The van der Waals surface area contributed by atoms with Crippen molar-refractivity contribution < 1.29 is 19.1 Å². The van der Waals surface area contributed by atoms with Crippen LogP contribution >= 0.6 is 0 Å². The van der Waals surface area contributed by atoms with E-state index in [-0.39, 0.29) is 12.5 Å². The summed E-state index contributed by atoms with van der Waals surface area (Å²) in [6.07, 6.45) is 3.71. The molecule has 0 bridgehead atoms. The van der Waals surface area contributed by atoms with E-state index < -0.39 is 6.10 Å². The molecule has 2 aromatic rings. The quantitative estimate of drug-likeness (QED) is 0.799. The van der Waals surface area contributed by atoms with Crippen molar-refractivity contribution in [3.63, 3.8) is 0 Å². The Labute approximate surface area is 122 Å². The normalized spacial score (nSPS) is 12.3. The van der Waals surface area contributed by atoms with E-state index >= 15 is 0 Å². The predicted octanol–water partition coefficient (Wildman–Crippen LogP) is 2.15. The van der Waals surface area contributed by atoms with Crippen molar-refractivity contribution in [3.8, 4) is 5.75 Å².